The summed E-state index contributed by atoms with van der Waals surface area (Å²) < 4.78 is 40.1. The molecule has 0 saturated carbocycles. The molecule has 1 aromatic rings. The Hall–Kier alpha value is -2.18. The molecule has 2 N–H and O–H groups in total. The highest BCUT2D eigenvalue weighted by Crippen LogP contribution is 2.29. The fourth-order valence-electron chi connectivity index (χ4n) is 1.91. The van der Waals surface area contributed by atoms with Gasteiger partial charge in [-0.05, 0) is 24.6 Å². The van der Waals surface area contributed by atoms with Crippen LogP contribution in [0.1, 0.15) is 16.8 Å². The molecule has 0 bridgehead atoms. The van der Waals surface area contributed by atoms with Gasteiger partial charge in [-0.3, -0.25) is 4.79 Å². The van der Waals surface area contributed by atoms with Gasteiger partial charge in [0.25, 0.3) is 5.91 Å². The van der Waals surface area contributed by atoms with Crippen molar-refractivity contribution in [1.82, 2.24) is 4.90 Å². The van der Waals surface area contributed by atoms with Crippen molar-refractivity contribution in [3.63, 3.8) is 0 Å². The molecule has 0 atom stereocenters. The molecule has 4 nitrogen and oxygen atoms in total. The van der Waals surface area contributed by atoms with Gasteiger partial charge in [-0.25, -0.2) is 0 Å². The third-order valence-corrected chi connectivity index (χ3v) is 2.83. The summed E-state index contributed by atoms with van der Waals surface area (Å²) in [7, 11) is 0. The highest BCUT2D eigenvalue weighted by Gasteiger charge is 2.32. The molecule has 0 saturated heterocycles. The lowest BCUT2D eigenvalue weighted by molar-refractivity contribution is -0.274. The Bertz CT molecular complexity index is 541. The van der Waals surface area contributed by atoms with Crippen LogP contribution in [0, 0.1) is 0 Å². The Morgan fingerprint density at radius 3 is 2.60 bits per heavy atom. The quantitative estimate of drug-likeness (QED) is 0.671. The molecule has 1 aliphatic rings. The maximum atomic E-state index is 12.1. The highest BCUT2D eigenvalue weighted by molar-refractivity contribution is 5.95. The monoisotopic (exact) mass is 286 g/mol. The summed E-state index contributed by atoms with van der Waals surface area (Å²) in [6, 6.07) is 3.52. The van der Waals surface area contributed by atoms with E-state index < -0.39 is 12.1 Å². The summed E-state index contributed by atoms with van der Waals surface area (Å²) in [6.45, 7) is 1.07. The van der Waals surface area contributed by atoms with E-state index in [1.807, 2.05) is 12.2 Å². The van der Waals surface area contributed by atoms with Gasteiger partial charge in [0.2, 0.25) is 0 Å². The first-order valence-electron chi connectivity index (χ1n) is 5.96. The second kappa shape index (κ2) is 5.44. The lowest BCUT2D eigenvalue weighted by Gasteiger charge is -2.23. The molecule has 1 heterocycles. The number of nitrogens with zero attached hydrogens (tertiary/aromatic N) is 1. The molecule has 0 unspecified atom stereocenters. The number of nitrogen functional groups attached to an aromatic ring is 1. The number of benzene rings is 1. The molecule has 1 amide bonds. The molecule has 0 fully saturated rings. The number of hydrogen-bond acceptors (Lipinski definition) is 3. The van der Waals surface area contributed by atoms with Gasteiger partial charge in [-0.2, -0.15) is 0 Å². The van der Waals surface area contributed by atoms with Crippen molar-refractivity contribution >= 4 is 11.6 Å². The maximum Gasteiger partial charge on any atom is 0.573 e. The fourth-order valence-corrected chi connectivity index (χ4v) is 1.91. The van der Waals surface area contributed by atoms with Gasteiger partial charge >= 0.3 is 6.36 Å². The number of carbonyl (C=O) groups is 1. The summed E-state index contributed by atoms with van der Waals surface area (Å²) in [5.74, 6) is -0.771. The topological polar surface area (TPSA) is 55.6 Å². The zero-order valence-electron chi connectivity index (χ0n) is 10.5. The number of rotatable bonds is 2. The van der Waals surface area contributed by atoms with E-state index in [2.05, 4.69) is 4.74 Å². The number of amides is 1. The van der Waals surface area contributed by atoms with Crippen LogP contribution in [0.2, 0.25) is 0 Å². The van der Waals surface area contributed by atoms with Crippen molar-refractivity contribution in [2.45, 2.75) is 12.8 Å². The molecule has 0 spiro atoms. The van der Waals surface area contributed by atoms with Gasteiger partial charge in [-0.15, -0.1) is 13.2 Å². The summed E-state index contributed by atoms with van der Waals surface area (Å²) in [5, 5.41) is 0. The smallest absolute Gasteiger partial charge is 0.404 e. The first-order valence-corrected chi connectivity index (χ1v) is 5.96. The number of halogens is 3. The fraction of sp³-hybridized carbons (Fsp3) is 0.308. The predicted molar refractivity (Wildman–Crippen MR) is 67.2 cm³/mol. The van der Waals surface area contributed by atoms with Crippen molar-refractivity contribution in [2.75, 3.05) is 18.8 Å². The zero-order chi connectivity index (χ0) is 14.8. The number of hydrogen-bond donors (Lipinski definition) is 1. The van der Waals surface area contributed by atoms with Crippen LogP contribution in [0.3, 0.4) is 0 Å². The van der Waals surface area contributed by atoms with Crippen LogP contribution in [-0.2, 0) is 0 Å². The molecule has 20 heavy (non-hydrogen) atoms. The van der Waals surface area contributed by atoms with Crippen LogP contribution >= 0.6 is 0 Å². The molecule has 108 valence electrons. The molecule has 2 rings (SSSR count). The number of ether oxygens (including phenoxy) is 1. The average molecular weight is 286 g/mol. The molecule has 7 heteroatoms. The van der Waals surface area contributed by atoms with Crippen LogP contribution in [-0.4, -0.2) is 30.3 Å². The minimum Gasteiger partial charge on any atom is -0.404 e. The Balaban J connectivity index is 2.16. The minimum atomic E-state index is -4.81. The highest BCUT2D eigenvalue weighted by atomic mass is 19.4. The van der Waals surface area contributed by atoms with Crippen LogP contribution in [0.4, 0.5) is 18.9 Å². The predicted octanol–water partition coefficient (Wildman–Crippen LogP) is 2.57. The number of carbonyl (C=O) groups excluding carboxylic acids is 1. The molecule has 0 aliphatic carbocycles. The number of alkyl halides is 3. The van der Waals surface area contributed by atoms with Crippen molar-refractivity contribution in [1.29, 1.82) is 0 Å². The summed E-state index contributed by atoms with van der Waals surface area (Å²) in [4.78, 5) is 13.7. The lowest BCUT2D eigenvalue weighted by Crippen LogP contribution is -2.33. The van der Waals surface area contributed by atoms with Crippen LogP contribution in [0.15, 0.2) is 30.4 Å². The van der Waals surface area contributed by atoms with Crippen molar-refractivity contribution in [3.8, 4) is 5.75 Å². The molecule has 1 aliphatic heterocycles. The Labute approximate surface area is 113 Å². The molecular formula is C13H13F3N2O2. The molecular weight excluding hydrogens is 273 g/mol. The minimum absolute atomic E-state index is 0.222. The van der Waals surface area contributed by atoms with E-state index in [4.69, 9.17) is 5.73 Å². The van der Waals surface area contributed by atoms with Crippen molar-refractivity contribution < 1.29 is 22.7 Å². The van der Waals surface area contributed by atoms with E-state index >= 15 is 0 Å². The summed E-state index contributed by atoms with van der Waals surface area (Å²) >= 11 is 0. The van der Waals surface area contributed by atoms with Gasteiger partial charge in [-0.1, -0.05) is 12.2 Å². The van der Waals surface area contributed by atoms with Crippen LogP contribution < -0.4 is 10.5 Å². The van der Waals surface area contributed by atoms with E-state index in [0.29, 0.717) is 13.1 Å². The molecule has 0 aromatic heterocycles. The Morgan fingerprint density at radius 2 is 2.05 bits per heavy atom. The zero-order valence-corrected chi connectivity index (χ0v) is 10.5. The second-order valence-corrected chi connectivity index (χ2v) is 4.31. The number of nitrogens with two attached hydrogens (primary N) is 1. The SMILES string of the molecule is Nc1cc(C(=O)N2CC=CCC2)ccc1OC(F)(F)F. The van der Waals surface area contributed by atoms with Crippen molar-refractivity contribution in [3.05, 3.63) is 35.9 Å². The maximum absolute atomic E-state index is 12.1. The standard InChI is InChI=1S/C13H13F3N2O2/c14-13(15,16)20-11-5-4-9(8-10(11)17)12(19)18-6-2-1-3-7-18/h1-2,4-5,8H,3,6-7,17H2. The van der Waals surface area contributed by atoms with E-state index in [1.54, 1.807) is 4.90 Å². The molecule has 0 radical (unpaired) electrons. The Morgan fingerprint density at radius 1 is 1.30 bits per heavy atom. The van der Waals surface area contributed by atoms with Gasteiger partial charge < -0.3 is 15.4 Å². The first-order chi connectivity index (χ1) is 9.37. The number of anilines is 1. The summed E-state index contributed by atoms with van der Waals surface area (Å²) in [6.07, 6.45) is -0.210. The van der Waals surface area contributed by atoms with Crippen LogP contribution in [0.5, 0.6) is 5.75 Å². The van der Waals surface area contributed by atoms with E-state index in [1.165, 1.54) is 12.1 Å². The van der Waals surface area contributed by atoms with Gasteiger partial charge in [0.15, 0.2) is 5.75 Å². The average Bonchev–Trinajstić information content (AvgIpc) is 2.40. The summed E-state index contributed by atoms with van der Waals surface area (Å²) in [5.41, 5.74) is 5.51. The van der Waals surface area contributed by atoms with Gasteiger partial charge in [0, 0.05) is 18.7 Å². The normalized spacial score (nSPS) is 15.2. The van der Waals surface area contributed by atoms with Crippen LogP contribution in [0.25, 0.3) is 0 Å². The molecule has 1 aromatic carbocycles. The van der Waals surface area contributed by atoms with E-state index in [0.717, 1.165) is 12.5 Å². The van der Waals surface area contributed by atoms with Gasteiger partial charge in [0.05, 0.1) is 5.69 Å². The Kier molecular flexibility index (Phi) is 3.87. The third-order valence-electron chi connectivity index (χ3n) is 2.83. The second-order valence-electron chi connectivity index (χ2n) is 4.31. The third kappa shape index (κ3) is 3.43. The van der Waals surface area contributed by atoms with Crippen molar-refractivity contribution in [2.24, 2.45) is 0 Å². The van der Waals surface area contributed by atoms with E-state index in [9.17, 15) is 18.0 Å². The largest absolute Gasteiger partial charge is 0.573 e. The lowest BCUT2D eigenvalue weighted by atomic mass is 10.1. The first kappa shape index (κ1) is 14.2. The van der Waals surface area contributed by atoms with E-state index in [-0.39, 0.29) is 17.2 Å². The van der Waals surface area contributed by atoms with Gasteiger partial charge in [0.1, 0.15) is 0 Å².